The van der Waals surface area contributed by atoms with Crippen LogP contribution in [0.4, 0.5) is 19.7 Å². The Balaban J connectivity index is 1.86. The lowest BCUT2D eigenvalue weighted by Crippen LogP contribution is -2.62. The second-order valence-corrected chi connectivity index (χ2v) is 7.96. The number of carbonyl (C=O) groups is 3. The van der Waals surface area contributed by atoms with Crippen molar-refractivity contribution in [3.8, 4) is 0 Å². The van der Waals surface area contributed by atoms with Crippen LogP contribution in [0.15, 0.2) is 12.1 Å². The van der Waals surface area contributed by atoms with Gasteiger partial charge in [-0.25, -0.2) is 23.7 Å². The number of thiol groups is 1. The molecule has 2 fully saturated rings. The molecular weight excluding hydrogens is 423 g/mol. The highest BCUT2D eigenvalue weighted by atomic mass is 35.5. The Hall–Kier alpha value is -2.04. The normalized spacial score (nSPS) is 19.1. The zero-order valence-corrected chi connectivity index (χ0v) is 17.7. The Morgan fingerprint density at radius 2 is 1.76 bits per heavy atom. The lowest BCUT2D eigenvalue weighted by atomic mass is 9.96. The third kappa shape index (κ3) is 4.29. The average Bonchev–Trinajstić information content (AvgIpc) is 2.71. The predicted octanol–water partition coefficient (Wildman–Crippen LogP) is 3.61. The fourth-order valence-electron chi connectivity index (χ4n) is 3.34. The topological polar surface area (TPSA) is 82.2 Å². The number of amides is 4. The van der Waals surface area contributed by atoms with Crippen LogP contribution in [0.25, 0.3) is 0 Å². The van der Waals surface area contributed by atoms with E-state index in [4.69, 9.17) is 16.4 Å². The van der Waals surface area contributed by atoms with Crippen LogP contribution in [0.1, 0.15) is 42.5 Å². The molecule has 11 heteroatoms. The molecule has 4 amide bonds. The van der Waals surface area contributed by atoms with Crippen LogP contribution in [0.5, 0.6) is 0 Å². The third-order valence-electron chi connectivity index (χ3n) is 5.10. The van der Waals surface area contributed by atoms with Crippen LogP contribution in [-0.2, 0) is 4.84 Å². The zero-order valence-electron chi connectivity index (χ0n) is 16.0. The number of rotatable bonds is 4. The van der Waals surface area contributed by atoms with E-state index in [-0.39, 0.29) is 16.6 Å². The summed E-state index contributed by atoms with van der Waals surface area (Å²) in [5.41, 5.74) is 1.36. The maximum atomic E-state index is 14.6. The van der Waals surface area contributed by atoms with Gasteiger partial charge >= 0.3 is 18.0 Å². The van der Waals surface area contributed by atoms with Gasteiger partial charge in [0.15, 0.2) is 5.50 Å². The largest absolute Gasteiger partial charge is 0.366 e. The molecule has 1 N–H and O–H groups in total. The van der Waals surface area contributed by atoms with E-state index in [1.807, 2.05) is 0 Å². The van der Waals surface area contributed by atoms with Crippen molar-refractivity contribution in [2.45, 2.75) is 43.6 Å². The molecule has 1 saturated carbocycles. The number of nitrogens with zero attached hydrogens (tertiary/aromatic N) is 3. The summed E-state index contributed by atoms with van der Waals surface area (Å²) in [6.07, 6.45) is 5.01. The summed E-state index contributed by atoms with van der Waals surface area (Å²) in [6.45, 7) is 0. The van der Waals surface area contributed by atoms with Gasteiger partial charge < -0.3 is 4.84 Å². The first-order valence-corrected chi connectivity index (χ1v) is 10.1. The van der Waals surface area contributed by atoms with Gasteiger partial charge in [0.2, 0.25) is 0 Å². The van der Waals surface area contributed by atoms with Crippen molar-refractivity contribution >= 4 is 47.9 Å². The molecule has 0 unspecified atom stereocenters. The first-order chi connectivity index (χ1) is 13.7. The molecule has 158 valence electrons. The third-order valence-corrected chi connectivity index (χ3v) is 6.11. The number of urea groups is 2. The minimum Gasteiger partial charge on any atom is -0.366 e. The Kier molecular flexibility index (Phi) is 6.55. The summed E-state index contributed by atoms with van der Waals surface area (Å²) >= 11 is 10.2. The highest BCUT2D eigenvalue weighted by Crippen LogP contribution is 2.31. The molecular formula is C18H22ClFN4O4S. The Morgan fingerprint density at radius 3 is 2.34 bits per heavy atom. The van der Waals surface area contributed by atoms with Gasteiger partial charge in [0.05, 0.1) is 16.3 Å². The van der Waals surface area contributed by atoms with Gasteiger partial charge in [-0.1, -0.05) is 30.9 Å². The van der Waals surface area contributed by atoms with Crippen LogP contribution >= 0.6 is 24.2 Å². The van der Waals surface area contributed by atoms with Crippen LogP contribution < -0.4 is 10.4 Å². The molecule has 29 heavy (non-hydrogen) atoms. The number of benzene rings is 1. The molecule has 0 aromatic heterocycles. The van der Waals surface area contributed by atoms with Gasteiger partial charge in [-0.15, -0.1) is 18.1 Å². The Labute approximate surface area is 178 Å². The van der Waals surface area contributed by atoms with Crippen molar-refractivity contribution in [3.05, 3.63) is 28.5 Å². The van der Waals surface area contributed by atoms with E-state index in [0.29, 0.717) is 4.90 Å². The molecule has 0 bridgehead atoms. The molecule has 2 aliphatic rings. The molecule has 0 radical (unpaired) electrons. The van der Waals surface area contributed by atoms with E-state index in [1.54, 1.807) is 0 Å². The summed E-state index contributed by atoms with van der Waals surface area (Å²) in [5.74, 6) is -1.75. The van der Waals surface area contributed by atoms with Crippen LogP contribution in [-0.4, -0.2) is 53.5 Å². The summed E-state index contributed by atoms with van der Waals surface area (Å²) in [6, 6.07) is 0.398. The molecule has 8 nitrogen and oxygen atoms in total. The number of anilines is 1. The van der Waals surface area contributed by atoms with Gasteiger partial charge in [0.25, 0.3) is 0 Å². The molecule has 1 aromatic carbocycles. The zero-order chi connectivity index (χ0) is 21.3. The standard InChI is InChI=1S/C18H22ClFN4O4S/c1-22-16(26)24(17(27)23(2)18(22)29)14-8-11(12(19)9-13(14)20)15(25)28-21-10-6-4-3-5-7-10/h8-10,18,21,29H,3-7H2,1-2H3. The van der Waals surface area contributed by atoms with Gasteiger partial charge in [-0.2, -0.15) is 0 Å². The number of hydrogen-bond acceptors (Lipinski definition) is 6. The second kappa shape index (κ2) is 8.76. The second-order valence-electron chi connectivity index (χ2n) is 7.09. The van der Waals surface area contributed by atoms with Crippen LogP contribution in [0, 0.1) is 5.82 Å². The monoisotopic (exact) mass is 444 g/mol. The van der Waals surface area contributed by atoms with Crippen molar-refractivity contribution in [1.82, 2.24) is 15.3 Å². The maximum absolute atomic E-state index is 14.6. The SMILES string of the molecule is CN1C(=O)N(c2cc(C(=O)ONC3CCCCC3)c(Cl)cc2F)C(=O)N(C)C1S. The fraction of sp³-hybridized carbons (Fsp3) is 0.500. The predicted molar refractivity (Wildman–Crippen MR) is 108 cm³/mol. The number of halogens is 2. The lowest BCUT2D eigenvalue weighted by molar-refractivity contribution is 0.0113. The van der Waals surface area contributed by atoms with E-state index < -0.39 is 35.0 Å². The van der Waals surface area contributed by atoms with Crippen LogP contribution in [0.2, 0.25) is 5.02 Å². The quantitative estimate of drug-likeness (QED) is 0.547. The van der Waals surface area contributed by atoms with Gasteiger partial charge in [0, 0.05) is 20.1 Å². The first-order valence-electron chi connectivity index (χ1n) is 9.20. The number of hydroxylamine groups is 1. The van der Waals surface area contributed by atoms with E-state index in [1.165, 1.54) is 14.1 Å². The number of hydrogen-bond donors (Lipinski definition) is 2. The molecule has 3 rings (SSSR count). The minimum absolute atomic E-state index is 0.0475. The van der Waals surface area contributed by atoms with Crippen molar-refractivity contribution in [2.24, 2.45) is 0 Å². The Bertz CT molecular complexity index is 814. The minimum atomic E-state index is -0.923. The Morgan fingerprint density at radius 1 is 1.17 bits per heavy atom. The van der Waals surface area contributed by atoms with E-state index in [9.17, 15) is 18.8 Å². The molecule has 1 aromatic rings. The highest BCUT2D eigenvalue weighted by Gasteiger charge is 2.41. The fourth-order valence-corrected chi connectivity index (χ4v) is 3.76. The van der Waals surface area contributed by atoms with Gasteiger partial charge in [-0.3, -0.25) is 9.80 Å². The summed E-state index contributed by atoms with van der Waals surface area (Å²) < 4.78 is 14.6. The van der Waals surface area contributed by atoms with Crippen molar-refractivity contribution in [1.29, 1.82) is 0 Å². The average molecular weight is 445 g/mol. The summed E-state index contributed by atoms with van der Waals surface area (Å²) in [7, 11) is 2.85. The molecule has 0 spiro atoms. The van der Waals surface area contributed by atoms with Crippen molar-refractivity contribution in [3.63, 3.8) is 0 Å². The van der Waals surface area contributed by atoms with Crippen LogP contribution in [0.3, 0.4) is 0 Å². The highest BCUT2D eigenvalue weighted by molar-refractivity contribution is 7.80. The van der Waals surface area contributed by atoms with E-state index >= 15 is 0 Å². The molecule has 0 atom stereocenters. The smallest absolute Gasteiger partial charge is 0.358 e. The molecule has 1 aliphatic carbocycles. The molecule has 1 heterocycles. The maximum Gasteiger partial charge on any atom is 0.358 e. The number of imide groups is 1. The number of carbonyl (C=O) groups excluding carboxylic acids is 3. The lowest BCUT2D eigenvalue weighted by Gasteiger charge is -2.41. The van der Waals surface area contributed by atoms with Crippen molar-refractivity contribution in [2.75, 3.05) is 19.0 Å². The summed E-state index contributed by atoms with van der Waals surface area (Å²) in [5, 5.41) is -0.188. The summed E-state index contributed by atoms with van der Waals surface area (Å²) in [4.78, 5) is 45.7. The first kappa shape index (κ1) is 21.7. The molecule has 1 saturated heterocycles. The molecule has 1 aliphatic heterocycles. The van der Waals surface area contributed by atoms with Crippen molar-refractivity contribution < 1.29 is 23.6 Å². The number of nitrogens with one attached hydrogen (secondary N) is 1. The van der Waals surface area contributed by atoms with E-state index in [0.717, 1.165) is 54.0 Å². The van der Waals surface area contributed by atoms with Gasteiger partial charge in [-0.05, 0) is 25.0 Å². The van der Waals surface area contributed by atoms with Gasteiger partial charge in [0.1, 0.15) is 5.82 Å². The van der Waals surface area contributed by atoms with E-state index in [2.05, 4.69) is 18.1 Å².